The molecule has 0 fully saturated rings. The predicted molar refractivity (Wildman–Crippen MR) is 79.6 cm³/mol. The van der Waals surface area contributed by atoms with Crippen LogP contribution in [0.3, 0.4) is 0 Å². The van der Waals surface area contributed by atoms with E-state index in [0.717, 1.165) is 23.6 Å². The molecule has 8 nitrogen and oxygen atoms in total. The topological polar surface area (TPSA) is 110 Å². The minimum Gasteiger partial charge on any atom is -0.354 e. The largest absolute Gasteiger partial charge is 0.354 e. The number of anilines is 2. The number of para-hydroxylation sites is 1. The molecule has 3 rings (SSSR count). The highest BCUT2D eigenvalue weighted by Crippen LogP contribution is 2.34. The molecule has 22 heavy (non-hydrogen) atoms. The van der Waals surface area contributed by atoms with E-state index in [4.69, 9.17) is 0 Å². The van der Waals surface area contributed by atoms with Crippen molar-refractivity contribution in [1.29, 1.82) is 0 Å². The Kier molecular flexibility index (Phi) is 3.65. The smallest absolute Gasteiger partial charge is 0.305 e. The molecular weight excluding hydrogens is 286 g/mol. The van der Waals surface area contributed by atoms with E-state index in [0.29, 0.717) is 18.9 Å². The van der Waals surface area contributed by atoms with Crippen LogP contribution < -0.4 is 10.6 Å². The molecule has 0 radical (unpaired) electrons. The molecule has 2 N–H and O–H groups in total. The maximum absolute atomic E-state index is 11.9. The third-order valence-electron chi connectivity index (χ3n) is 3.48. The number of rotatable bonds is 5. The standard InChI is InChI=1S/C14H13N5O3/c20-13-11(10-3-1-2-4-12(10)18-13)5-6-15-14-16-7-9(8-17-14)19(21)22/h1-4,7-8,11H,5-6H2,(H,18,20)(H,15,16,17). The van der Waals surface area contributed by atoms with Crippen LogP contribution in [-0.2, 0) is 4.79 Å². The van der Waals surface area contributed by atoms with Gasteiger partial charge in [0, 0.05) is 12.2 Å². The van der Waals surface area contributed by atoms with Crippen LogP contribution in [0.1, 0.15) is 17.9 Å². The summed E-state index contributed by atoms with van der Waals surface area (Å²) < 4.78 is 0. The lowest BCUT2D eigenvalue weighted by Crippen LogP contribution is -2.16. The second-order valence-corrected chi connectivity index (χ2v) is 4.87. The zero-order valence-corrected chi connectivity index (χ0v) is 11.5. The highest BCUT2D eigenvalue weighted by atomic mass is 16.6. The van der Waals surface area contributed by atoms with Crippen LogP contribution in [0, 0.1) is 10.1 Å². The van der Waals surface area contributed by atoms with Gasteiger partial charge < -0.3 is 10.6 Å². The molecule has 0 aliphatic carbocycles. The molecule has 0 saturated heterocycles. The Bertz CT molecular complexity index is 717. The minimum atomic E-state index is -0.552. The van der Waals surface area contributed by atoms with Crippen LogP contribution in [0.4, 0.5) is 17.3 Å². The van der Waals surface area contributed by atoms with Crippen LogP contribution in [0.15, 0.2) is 36.7 Å². The number of nitro groups is 1. The molecule has 0 saturated carbocycles. The summed E-state index contributed by atoms with van der Waals surface area (Å²) in [7, 11) is 0. The van der Waals surface area contributed by atoms with E-state index < -0.39 is 4.92 Å². The number of nitrogens with zero attached hydrogens (tertiary/aromatic N) is 3. The van der Waals surface area contributed by atoms with Crippen LogP contribution in [-0.4, -0.2) is 27.3 Å². The number of carbonyl (C=O) groups is 1. The lowest BCUT2D eigenvalue weighted by molar-refractivity contribution is -0.385. The summed E-state index contributed by atoms with van der Waals surface area (Å²) in [6.45, 7) is 0.490. The van der Waals surface area contributed by atoms with Crippen molar-refractivity contribution in [2.75, 3.05) is 17.2 Å². The van der Waals surface area contributed by atoms with Gasteiger partial charge in [-0.3, -0.25) is 14.9 Å². The van der Waals surface area contributed by atoms with E-state index in [-0.39, 0.29) is 17.5 Å². The van der Waals surface area contributed by atoms with Gasteiger partial charge in [0.15, 0.2) is 0 Å². The van der Waals surface area contributed by atoms with E-state index in [1.807, 2.05) is 24.3 Å². The number of hydrogen-bond acceptors (Lipinski definition) is 6. The maximum atomic E-state index is 11.9. The van der Waals surface area contributed by atoms with Crippen LogP contribution in [0.25, 0.3) is 0 Å². The van der Waals surface area contributed by atoms with Crippen molar-refractivity contribution in [3.63, 3.8) is 0 Å². The molecule has 1 atom stereocenters. The number of fused-ring (bicyclic) bond motifs is 1. The van der Waals surface area contributed by atoms with Crippen molar-refractivity contribution >= 4 is 23.2 Å². The highest BCUT2D eigenvalue weighted by Gasteiger charge is 2.29. The van der Waals surface area contributed by atoms with Crippen LogP contribution in [0.2, 0.25) is 0 Å². The molecular formula is C14H13N5O3. The van der Waals surface area contributed by atoms with Gasteiger partial charge in [-0.05, 0) is 18.1 Å². The van der Waals surface area contributed by atoms with Gasteiger partial charge in [0.05, 0.1) is 10.8 Å². The predicted octanol–water partition coefficient (Wildman–Crippen LogP) is 1.92. The number of hydrogen-bond donors (Lipinski definition) is 2. The fraction of sp³-hybridized carbons (Fsp3) is 0.214. The summed E-state index contributed by atoms with van der Waals surface area (Å²) in [5.41, 5.74) is 1.68. The Labute approximate surface area is 125 Å². The molecule has 1 amide bonds. The molecule has 8 heteroatoms. The molecule has 1 aromatic heterocycles. The molecule has 112 valence electrons. The molecule has 2 heterocycles. The second kappa shape index (κ2) is 5.76. The molecule has 0 bridgehead atoms. The van der Waals surface area contributed by atoms with E-state index in [9.17, 15) is 14.9 Å². The normalized spacial score (nSPS) is 16.0. The molecule has 1 aliphatic heterocycles. The first-order valence-corrected chi connectivity index (χ1v) is 6.75. The first-order chi connectivity index (χ1) is 10.6. The molecule has 1 aliphatic rings. The van der Waals surface area contributed by atoms with Crippen molar-refractivity contribution in [3.05, 3.63) is 52.3 Å². The van der Waals surface area contributed by atoms with Gasteiger partial charge in [-0.2, -0.15) is 0 Å². The number of aromatic nitrogens is 2. The molecule has 2 aromatic rings. The Morgan fingerprint density at radius 1 is 1.27 bits per heavy atom. The van der Waals surface area contributed by atoms with Gasteiger partial charge in [-0.1, -0.05) is 18.2 Å². The molecule has 1 aromatic carbocycles. The van der Waals surface area contributed by atoms with Gasteiger partial charge in [-0.15, -0.1) is 0 Å². The monoisotopic (exact) mass is 299 g/mol. The number of benzene rings is 1. The van der Waals surface area contributed by atoms with Crippen molar-refractivity contribution in [2.24, 2.45) is 0 Å². The first-order valence-electron chi connectivity index (χ1n) is 6.75. The zero-order valence-electron chi connectivity index (χ0n) is 11.5. The average molecular weight is 299 g/mol. The summed E-state index contributed by atoms with van der Waals surface area (Å²) in [6, 6.07) is 7.59. The van der Waals surface area contributed by atoms with E-state index in [1.165, 1.54) is 0 Å². The van der Waals surface area contributed by atoms with Gasteiger partial charge in [-0.25, -0.2) is 9.97 Å². The van der Waals surface area contributed by atoms with Crippen molar-refractivity contribution in [1.82, 2.24) is 9.97 Å². The Morgan fingerprint density at radius 2 is 2.00 bits per heavy atom. The second-order valence-electron chi connectivity index (χ2n) is 4.87. The first kappa shape index (κ1) is 13.9. The third-order valence-corrected chi connectivity index (χ3v) is 3.48. The fourth-order valence-electron chi connectivity index (χ4n) is 2.40. The lowest BCUT2D eigenvalue weighted by Gasteiger charge is -2.09. The molecule has 1 unspecified atom stereocenters. The van der Waals surface area contributed by atoms with E-state index in [1.54, 1.807) is 0 Å². The number of amides is 1. The van der Waals surface area contributed by atoms with Gasteiger partial charge in [0.1, 0.15) is 12.4 Å². The summed E-state index contributed by atoms with van der Waals surface area (Å²) >= 11 is 0. The maximum Gasteiger partial charge on any atom is 0.305 e. The van der Waals surface area contributed by atoms with Crippen molar-refractivity contribution in [2.45, 2.75) is 12.3 Å². The van der Waals surface area contributed by atoms with E-state index in [2.05, 4.69) is 20.6 Å². The summed E-state index contributed by atoms with van der Waals surface area (Å²) in [4.78, 5) is 29.6. The average Bonchev–Trinajstić information content (AvgIpc) is 2.84. The van der Waals surface area contributed by atoms with Crippen molar-refractivity contribution in [3.8, 4) is 0 Å². The summed E-state index contributed by atoms with van der Waals surface area (Å²) in [5, 5.41) is 16.3. The minimum absolute atomic E-state index is 0.0207. The Balaban J connectivity index is 1.59. The third kappa shape index (κ3) is 2.71. The zero-order chi connectivity index (χ0) is 15.5. The molecule has 0 spiro atoms. The van der Waals surface area contributed by atoms with Gasteiger partial charge in [0.25, 0.3) is 0 Å². The Morgan fingerprint density at radius 3 is 2.73 bits per heavy atom. The van der Waals surface area contributed by atoms with Gasteiger partial charge >= 0.3 is 5.69 Å². The number of carbonyl (C=O) groups excluding carboxylic acids is 1. The quantitative estimate of drug-likeness (QED) is 0.644. The number of nitrogens with one attached hydrogen (secondary N) is 2. The van der Waals surface area contributed by atoms with Gasteiger partial charge in [0.2, 0.25) is 11.9 Å². The van der Waals surface area contributed by atoms with Crippen LogP contribution in [0.5, 0.6) is 0 Å². The van der Waals surface area contributed by atoms with Crippen molar-refractivity contribution < 1.29 is 9.72 Å². The van der Waals surface area contributed by atoms with E-state index >= 15 is 0 Å². The Hall–Kier alpha value is -3.03. The summed E-state index contributed by atoms with van der Waals surface area (Å²) in [6.07, 6.45) is 2.88. The highest BCUT2D eigenvalue weighted by molar-refractivity contribution is 6.02. The fourth-order valence-corrected chi connectivity index (χ4v) is 2.40. The summed E-state index contributed by atoms with van der Waals surface area (Å²) in [5.74, 6) is 0.0756. The lowest BCUT2D eigenvalue weighted by atomic mass is 9.97. The SMILES string of the molecule is O=C1Nc2ccccc2C1CCNc1ncc([N+](=O)[O-])cn1. The van der Waals surface area contributed by atoms with Crippen LogP contribution >= 0.6 is 0 Å².